The zero-order valence-electron chi connectivity index (χ0n) is 13.1. The van der Waals surface area contributed by atoms with Gasteiger partial charge < -0.3 is 10.2 Å². The number of amides is 2. The standard InChI is InChI=1S/C17H19F2N3O/c1-3-22(4-2)17(23)21-16(13-6-5-9-20-11-13)12-7-8-14(18)15(19)10-12/h5-11,16H,3-4H2,1-2H3,(H,21,23). The van der Waals surface area contributed by atoms with Gasteiger partial charge in [-0.15, -0.1) is 0 Å². The predicted octanol–water partition coefficient (Wildman–Crippen LogP) is 3.50. The Labute approximate surface area is 134 Å². The molecule has 2 rings (SSSR count). The lowest BCUT2D eigenvalue weighted by molar-refractivity contribution is 0.201. The monoisotopic (exact) mass is 319 g/mol. The van der Waals surface area contributed by atoms with Crippen LogP contribution in [0.2, 0.25) is 0 Å². The maximum Gasteiger partial charge on any atom is 0.318 e. The van der Waals surface area contributed by atoms with E-state index < -0.39 is 17.7 Å². The number of nitrogens with zero attached hydrogens (tertiary/aromatic N) is 2. The minimum absolute atomic E-state index is 0.270. The van der Waals surface area contributed by atoms with Crippen LogP contribution in [0.4, 0.5) is 13.6 Å². The number of nitrogens with one attached hydrogen (secondary N) is 1. The number of urea groups is 1. The molecule has 23 heavy (non-hydrogen) atoms. The summed E-state index contributed by atoms with van der Waals surface area (Å²) in [6, 6.07) is 6.24. The van der Waals surface area contributed by atoms with Gasteiger partial charge in [-0.2, -0.15) is 0 Å². The lowest BCUT2D eigenvalue weighted by atomic mass is 10.00. The fourth-order valence-corrected chi connectivity index (χ4v) is 2.32. The van der Waals surface area contributed by atoms with Crippen LogP contribution in [0, 0.1) is 11.6 Å². The molecule has 1 aromatic carbocycles. The second kappa shape index (κ2) is 7.67. The summed E-state index contributed by atoms with van der Waals surface area (Å²) in [6.45, 7) is 4.86. The van der Waals surface area contributed by atoms with Crippen molar-refractivity contribution in [2.75, 3.05) is 13.1 Å². The summed E-state index contributed by atoms with van der Waals surface area (Å²) in [5.41, 5.74) is 1.15. The number of carbonyl (C=O) groups is 1. The van der Waals surface area contributed by atoms with Crippen LogP contribution < -0.4 is 5.32 Å². The molecule has 2 amide bonds. The van der Waals surface area contributed by atoms with Crippen molar-refractivity contribution < 1.29 is 13.6 Å². The van der Waals surface area contributed by atoms with Crippen LogP contribution in [0.5, 0.6) is 0 Å². The molecule has 0 saturated carbocycles. The predicted molar refractivity (Wildman–Crippen MR) is 83.9 cm³/mol. The van der Waals surface area contributed by atoms with E-state index in [4.69, 9.17) is 0 Å². The van der Waals surface area contributed by atoms with Gasteiger partial charge in [0.15, 0.2) is 11.6 Å². The second-order valence-corrected chi connectivity index (χ2v) is 5.01. The van der Waals surface area contributed by atoms with Crippen molar-refractivity contribution in [3.8, 4) is 0 Å². The minimum atomic E-state index is -0.950. The molecule has 6 heteroatoms. The van der Waals surface area contributed by atoms with Gasteiger partial charge in [0.05, 0.1) is 6.04 Å². The molecule has 0 aliphatic heterocycles. The number of aromatic nitrogens is 1. The van der Waals surface area contributed by atoms with Crippen molar-refractivity contribution in [1.29, 1.82) is 0 Å². The lowest BCUT2D eigenvalue weighted by Gasteiger charge is -2.25. The molecule has 1 unspecified atom stereocenters. The van der Waals surface area contributed by atoms with Gasteiger partial charge in [-0.25, -0.2) is 13.6 Å². The van der Waals surface area contributed by atoms with Crippen molar-refractivity contribution in [3.05, 3.63) is 65.5 Å². The Hall–Kier alpha value is -2.50. The van der Waals surface area contributed by atoms with Crippen LogP contribution in [-0.4, -0.2) is 29.0 Å². The van der Waals surface area contributed by atoms with Gasteiger partial charge in [0, 0.05) is 25.5 Å². The fourth-order valence-electron chi connectivity index (χ4n) is 2.32. The number of benzene rings is 1. The molecule has 0 bridgehead atoms. The molecule has 0 aliphatic carbocycles. The van der Waals surface area contributed by atoms with Crippen molar-refractivity contribution in [3.63, 3.8) is 0 Å². The molecule has 1 N–H and O–H groups in total. The summed E-state index contributed by atoms with van der Waals surface area (Å²) in [5.74, 6) is -1.87. The highest BCUT2D eigenvalue weighted by molar-refractivity contribution is 5.75. The second-order valence-electron chi connectivity index (χ2n) is 5.01. The molecule has 4 nitrogen and oxygen atoms in total. The first-order valence-electron chi connectivity index (χ1n) is 7.47. The minimum Gasteiger partial charge on any atom is -0.327 e. The maximum absolute atomic E-state index is 13.6. The van der Waals surface area contributed by atoms with E-state index in [1.54, 1.807) is 29.4 Å². The first-order valence-corrected chi connectivity index (χ1v) is 7.47. The number of hydrogen-bond donors (Lipinski definition) is 1. The molecular weight excluding hydrogens is 300 g/mol. The third-order valence-corrected chi connectivity index (χ3v) is 3.61. The maximum atomic E-state index is 13.6. The van der Waals surface area contributed by atoms with Crippen molar-refractivity contribution >= 4 is 6.03 Å². The largest absolute Gasteiger partial charge is 0.327 e. The van der Waals surface area contributed by atoms with Gasteiger partial charge in [-0.3, -0.25) is 4.98 Å². The Bertz CT molecular complexity index is 660. The zero-order valence-corrected chi connectivity index (χ0v) is 13.1. The van der Waals surface area contributed by atoms with Gasteiger partial charge in [0.1, 0.15) is 0 Å². The van der Waals surface area contributed by atoms with Crippen LogP contribution in [0.1, 0.15) is 31.0 Å². The lowest BCUT2D eigenvalue weighted by Crippen LogP contribution is -2.41. The highest BCUT2D eigenvalue weighted by atomic mass is 19.2. The summed E-state index contributed by atoms with van der Waals surface area (Å²) >= 11 is 0. The van der Waals surface area contributed by atoms with E-state index in [0.29, 0.717) is 24.2 Å². The molecule has 1 atom stereocenters. The molecule has 1 heterocycles. The Morgan fingerprint density at radius 3 is 2.48 bits per heavy atom. The van der Waals surface area contributed by atoms with Gasteiger partial charge in [0.25, 0.3) is 0 Å². The van der Waals surface area contributed by atoms with Gasteiger partial charge >= 0.3 is 6.03 Å². The van der Waals surface area contributed by atoms with Gasteiger partial charge in [-0.1, -0.05) is 12.1 Å². The topological polar surface area (TPSA) is 45.2 Å². The van der Waals surface area contributed by atoms with E-state index in [1.165, 1.54) is 6.07 Å². The summed E-state index contributed by atoms with van der Waals surface area (Å²) in [5, 5.41) is 2.86. The molecule has 0 fully saturated rings. The number of rotatable bonds is 5. The zero-order chi connectivity index (χ0) is 16.8. The third kappa shape index (κ3) is 4.03. The van der Waals surface area contributed by atoms with E-state index >= 15 is 0 Å². The van der Waals surface area contributed by atoms with Crippen molar-refractivity contribution in [2.24, 2.45) is 0 Å². The summed E-state index contributed by atoms with van der Waals surface area (Å²) in [7, 11) is 0. The van der Waals surface area contributed by atoms with Crippen molar-refractivity contribution in [1.82, 2.24) is 15.2 Å². The number of pyridine rings is 1. The van der Waals surface area contributed by atoms with Gasteiger partial charge in [0.2, 0.25) is 0 Å². The van der Waals surface area contributed by atoms with Crippen LogP contribution in [0.3, 0.4) is 0 Å². The van der Waals surface area contributed by atoms with Gasteiger partial charge in [-0.05, 0) is 43.2 Å². The summed E-state index contributed by atoms with van der Waals surface area (Å²) < 4.78 is 26.8. The third-order valence-electron chi connectivity index (χ3n) is 3.61. The average Bonchev–Trinajstić information content (AvgIpc) is 2.57. The van der Waals surface area contributed by atoms with Crippen LogP contribution in [-0.2, 0) is 0 Å². The van der Waals surface area contributed by atoms with Crippen molar-refractivity contribution in [2.45, 2.75) is 19.9 Å². The highest BCUT2D eigenvalue weighted by Crippen LogP contribution is 2.23. The Balaban J connectivity index is 2.36. The Morgan fingerprint density at radius 1 is 1.17 bits per heavy atom. The Kier molecular flexibility index (Phi) is 5.62. The first-order chi connectivity index (χ1) is 11.1. The quantitative estimate of drug-likeness (QED) is 0.917. The first kappa shape index (κ1) is 16.9. The van der Waals surface area contributed by atoms with E-state index in [2.05, 4.69) is 10.3 Å². The molecule has 122 valence electrons. The van der Waals surface area contributed by atoms with E-state index in [1.807, 2.05) is 13.8 Å². The van der Waals surface area contributed by atoms with E-state index in [0.717, 1.165) is 12.1 Å². The normalized spacial score (nSPS) is 11.8. The van der Waals surface area contributed by atoms with Crippen LogP contribution >= 0.6 is 0 Å². The van der Waals surface area contributed by atoms with Crippen LogP contribution in [0.25, 0.3) is 0 Å². The van der Waals surface area contributed by atoms with Crippen LogP contribution in [0.15, 0.2) is 42.7 Å². The number of carbonyl (C=O) groups excluding carboxylic acids is 1. The number of halogens is 2. The molecule has 2 aromatic rings. The fraction of sp³-hybridized carbons (Fsp3) is 0.294. The highest BCUT2D eigenvalue weighted by Gasteiger charge is 2.20. The van der Waals surface area contributed by atoms with E-state index in [-0.39, 0.29) is 6.03 Å². The smallest absolute Gasteiger partial charge is 0.318 e. The summed E-state index contributed by atoms with van der Waals surface area (Å²) in [4.78, 5) is 18.0. The molecule has 0 radical (unpaired) electrons. The molecule has 0 spiro atoms. The summed E-state index contributed by atoms with van der Waals surface area (Å²) in [6.07, 6.45) is 3.20. The van der Waals surface area contributed by atoms with E-state index in [9.17, 15) is 13.6 Å². The Morgan fingerprint density at radius 2 is 1.91 bits per heavy atom. The number of hydrogen-bond acceptors (Lipinski definition) is 2. The molecule has 1 aromatic heterocycles. The SMILES string of the molecule is CCN(CC)C(=O)NC(c1cccnc1)c1ccc(F)c(F)c1. The molecular formula is C17H19F2N3O. The average molecular weight is 319 g/mol. The molecule has 0 saturated heterocycles. The molecule has 0 aliphatic rings.